The fourth-order valence-electron chi connectivity index (χ4n) is 3.42. The molecule has 1 heterocycles. The van der Waals surface area contributed by atoms with Gasteiger partial charge < -0.3 is 19.1 Å². The molecule has 0 radical (unpaired) electrons. The molecule has 2 aromatic carbocycles. The number of halogens is 6. The second-order valence-electron chi connectivity index (χ2n) is 7.48. The van der Waals surface area contributed by atoms with Crippen LogP contribution in [0.1, 0.15) is 0 Å². The molecule has 2 aromatic rings. The minimum atomic E-state index is -4.76. The first-order valence-electron chi connectivity index (χ1n) is 10.2. The monoisotopic (exact) mass is 528 g/mol. The van der Waals surface area contributed by atoms with Crippen LogP contribution in [0.25, 0.3) is 0 Å². The molecule has 35 heavy (non-hydrogen) atoms. The van der Waals surface area contributed by atoms with Crippen LogP contribution in [0, 0.1) is 0 Å². The molecular formula is C21H22F6N2O5S. The van der Waals surface area contributed by atoms with Crippen molar-refractivity contribution >= 4 is 15.7 Å². The Balaban J connectivity index is 1.84. The predicted molar refractivity (Wildman–Crippen MR) is 114 cm³/mol. The quantitative estimate of drug-likeness (QED) is 0.481. The van der Waals surface area contributed by atoms with Crippen LogP contribution in [0.4, 0.5) is 32.0 Å². The van der Waals surface area contributed by atoms with E-state index in [1.54, 1.807) is 24.3 Å². The van der Waals surface area contributed by atoms with Gasteiger partial charge in [0, 0.05) is 32.2 Å². The van der Waals surface area contributed by atoms with Gasteiger partial charge in [-0.25, -0.2) is 8.42 Å². The maximum absolute atomic E-state index is 13.3. The molecule has 1 saturated heterocycles. The Bertz CT molecular complexity index is 1120. The van der Waals surface area contributed by atoms with Crippen molar-refractivity contribution in [2.75, 3.05) is 51.4 Å². The summed E-state index contributed by atoms with van der Waals surface area (Å²) in [4.78, 5) is 1.17. The molecule has 0 aromatic heterocycles. The minimum Gasteiger partial charge on any atom is -0.495 e. The number of rotatable bonds is 8. The second-order valence-corrected chi connectivity index (χ2v) is 9.39. The Morgan fingerprint density at radius 1 is 0.829 bits per heavy atom. The van der Waals surface area contributed by atoms with Gasteiger partial charge in [-0.3, -0.25) is 0 Å². The summed E-state index contributed by atoms with van der Waals surface area (Å²) in [6.07, 6.45) is -9.45. The number of anilines is 1. The summed E-state index contributed by atoms with van der Waals surface area (Å²) >= 11 is 0. The van der Waals surface area contributed by atoms with E-state index in [4.69, 9.17) is 4.74 Å². The van der Waals surface area contributed by atoms with Gasteiger partial charge in [0.05, 0.1) is 12.8 Å². The highest BCUT2D eigenvalue weighted by Gasteiger charge is 2.35. The van der Waals surface area contributed by atoms with Gasteiger partial charge in [-0.05, 0) is 24.3 Å². The maximum Gasteiger partial charge on any atom is 0.422 e. The first kappa shape index (κ1) is 26.7. The summed E-state index contributed by atoms with van der Waals surface area (Å²) in [5.41, 5.74) is 0.740. The van der Waals surface area contributed by atoms with Crippen LogP contribution in [0.15, 0.2) is 47.4 Å². The lowest BCUT2D eigenvalue weighted by Gasteiger charge is -2.36. The largest absolute Gasteiger partial charge is 0.495 e. The highest BCUT2D eigenvalue weighted by Crippen LogP contribution is 2.34. The number of para-hydroxylation sites is 2. The molecule has 0 unspecified atom stereocenters. The predicted octanol–water partition coefficient (Wildman–Crippen LogP) is 4.09. The van der Waals surface area contributed by atoms with Crippen LogP contribution >= 0.6 is 0 Å². The van der Waals surface area contributed by atoms with E-state index < -0.39 is 52.0 Å². The third-order valence-electron chi connectivity index (χ3n) is 4.99. The van der Waals surface area contributed by atoms with Gasteiger partial charge in [0.15, 0.2) is 13.2 Å². The molecule has 7 nitrogen and oxygen atoms in total. The summed E-state index contributed by atoms with van der Waals surface area (Å²) in [6.45, 7) is -3.07. The summed E-state index contributed by atoms with van der Waals surface area (Å²) in [6, 6.07) is 9.60. The van der Waals surface area contributed by atoms with E-state index in [9.17, 15) is 34.8 Å². The lowest BCUT2D eigenvalue weighted by atomic mass is 10.2. The van der Waals surface area contributed by atoms with E-state index in [0.29, 0.717) is 5.75 Å². The Labute approximate surface area is 197 Å². The first-order chi connectivity index (χ1) is 16.3. The number of ether oxygens (including phenoxy) is 3. The molecule has 0 amide bonds. The Hall–Kier alpha value is -2.87. The Morgan fingerprint density at radius 3 is 2.03 bits per heavy atom. The smallest absolute Gasteiger partial charge is 0.422 e. The highest BCUT2D eigenvalue weighted by molar-refractivity contribution is 7.89. The van der Waals surface area contributed by atoms with Crippen molar-refractivity contribution < 1.29 is 49.0 Å². The number of alkyl halides is 6. The average molecular weight is 528 g/mol. The van der Waals surface area contributed by atoms with Crippen LogP contribution in [-0.4, -0.2) is 71.6 Å². The van der Waals surface area contributed by atoms with Gasteiger partial charge >= 0.3 is 12.4 Å². The molecule has 1 fully saturated rings. The number of piperazine rings is 1. The van der Waals surface area contributed by atoms with Crippen molar-refractivity contribution in [2.45, 2.75) is 17.2 Å². The number of benzene rings is 2. The first-order valence-corrected chi connectivity index (χ1v) is 11.7. The van der Waals surface area contributed by atoms with E-state index in [1.165, 1.54) is 7.11 Å². The molecule has 1 aliphatic rings. The highest BCUT2D eigenvalue weighted by atomic mass is 32.2. The van der Waals surface area contributed by atoms with Gasteiger partial charge in [-0.1, -0.05) is 12.1 Å². The van der Waals surface area contributed by atoms with E-state index in [0.717, 1.165) is 28.2 Å². The molecule has 14 heteroatoms. The third-order valence-corrected chi connectivity index (χ3v) is 6.91. The van der Waals surface area contributed by atoms with E-state index in [2.05, 4.69) is 9.47 Å². The zero-order valence-corrected chi connectivity index (χ0v) is 19.2. The standard InChI is InChI=1S/C21H22F6N2O5S/c1-32-17-5-3-2-4-16(17)28-8-10-29(11-9-28)35(30,31)19-12-15(33-13-20(22,23)24)6-7-18(19)34-14-21(25,26)27/h2-7,12H,8-11,13-14H2,1H3. The zero-order chi connectivity index (χ0) is 25.9. The van der Waals surface area contributed by atoms with Crippen molar-refractivity contribution in [1.82, 2.24) is 4.31 Å². The number of sulfonamides is 1. The summed E-state index contributed by atoms with van der Waals surface area (Å²) in [5, 5.41) is 0. The van der Waals surface area contributed by atoms with Gasteiger partial charge in [-0.2, -0.15) is 30.6 Å². The van der Waals surface area contributed by atoms with Gasteiger partial charge in [0.25, 0.3) is 0 Å². The van der Waals surface area contributed by atoms with Crippen molar-refractivity contribution in [3.63, 3.8) is 0 Å². The molecule has 3 rings (SSSR count). The molecule has 0 aliphatic carbocycles. The lowest BCUT2D eigenvalue weighted by Crippen LogP contribution is -2.48. The fraction of sp³-hybridized carbons (Fsp3) is 0.429. The van der Waals surface area contributed by atoms with Crippen LogP contribution in [0.3, 0.4) is 0 Å². The molecular weight excluding hydrogens is 506 g/mol. The van der Waals surface area contributed by atoms with Crippen molar-refractivity contribution in [1.29, 1.82) is 0 Å². The van der Waals surface area contributed by atoms with Crippen LogP contribution in [-0.2, 0) is 10.0 Å². The maximum atomic E-state index is 13.3. The molecule has 1 aliphatic heterocycles. The molecule has 0 atom stereocenters. The normalized spacial score (nSPS) is 15.7. The molecule has 0 saturated carbocycles. The molecule has 0 N–H and O–H groups in total. The number of methoxy groups -OCH3 is 1. The third kappa shape index (κ3) is 7.07. The van der Waals surface area contributed by atoms with Gasteiger partial charge in [-0.15, -0.1) is 0 Å². The van der Waals surface area contributed by atoms with E-state index >= 15 is 0 Å². The number of hydrogen-bond donors (Lipinski definition) is 0. The van der Waals surface area contributed by atoms with Crippen LogP contribution in [0.2, 0.25) is 0 Å². The molecule has 0 bridgehead atoms. The van der Waals surface area contributed by atoms with Crippen LogP contribution in [0.5, 0.6) is 17.2 Å². The lowest BCUT2D eigenvalue weighted by molar-refractivity contribution is -0.154. The van der Waals surface area contributed by atoms with Crippen molar-refractivity contribution in [3.8, 4) is 17.2 Å². The fourth-order valence-corrected chi connectivity index (χ4v) is 4.99. The van der Waals surface area contributed by atoms with E-state index in [1.807, 2.05) is 4.90 Å². The van der Waals surface area contributed by atoms with Crippen molar-refractivity contribution in [3.05, 3.63) is 42.5 Å². The Morgan fingerprint density at radius 2 is 1.43 bits per heavy atom. The topological polar surface area (TPSA) is 68.3 Å². The molecule has 194 valence electrons. The van der Waals surface area contributed by atoms with Gasteiger partial charge in [0.1, 0.15) is 22.1 Å². The van der Waals surface area contributed by atoms with Crippen LogP contribution < -0.4 is 19.1 Å². The Kier molecular flexibility index (Phi) is 7.94. The number of nitrogens with zero attached hydrogens (tertiary/aromatic N) is 2. The average Bonchev–Trinajstić information content (AvgIpc) is 2.80. The van der Waals surface area contributed by atoms with Crippen molar-refractivity contribution in [2.24, 2.45) is 0 Å². The number of hydrogen-bond acceptors (Lipinski definition) is 6. The summed E-state index contributed by atoms with van der Waals surface area (Å²) in [7, 11) is -2.94. The summed E-state index contributed by atoms with van der Waals surface area (Å²) in [5.74, 6) is -0.539. The summed E-state index contributed by atoms with van der Waals surface area (Å²) < 4.78 is 118. The van der Waals surface area contributed by atoms with E-state index in [-0.39, 0.29) is 26.2 Å². The minimum absolute atomic E-state index is 0.0350. The van der Waals surface area contributed by atoms with Gasteiger partial charge in [0.2, 0.25) is 10.0 Å². The second kappa shape index (κ2) is 10.4. The molecule has 0 spiro atoms. The SMILES string of the molecule is COc1ccccc1N1CCN(S(=O)(=O)c2cc(OCC(F)(F)F)ccc2OCC(F)(F)F)CC1. The zero-order valence-electron chi connectivity index (χ0n) is 18.4.